The summed E-state index contributed by atoms with van der Waals surface area (Å²) >= 11 is 0. The molecule has 3 heterocycles. The zero-order valence-electron chi connectivity index (χ0n) is 15.4. The molecule has 0 fully saturated rings. The molecule has 0 amide bonds. The summed E-state index contributed by atoms with van der Waals surface area (Å²) in [5.41, 5.74) is 0.793. The van der Waals surface area contributed by atoms with E-state index in [0.29, 0.717) is 22.0 Å². The van der Waals surface area contributed by atoms with E-state index in [1.54, 1.807) is 25.1 Å². The summed E-state index contributed by atoms with van der Waals surface area (Å²) in [6, 6.07) is 9.48. The first-order valence-electron chi connectivity index (χ1n) is 8.87. The summed E-state index contributed by atoms with van der Waals surface area (Å²) < 4.78 is 30.9. The van der Waals surface area contributed by atoms with Crippen molar-refractivity contribution in [3.05, 3.63) is 70.4 Å². The summed E-state index contributed by atoms with van der Waals surface area (Å²) in [7, 11) is -3.69. The van der Waals surface area contributed by atoms with E-state index in [9.17, 15) is 18.0 Å². The number of carbonyl (C=O) groups excluding carboxylic acids is 1. The number of rotatable bonds is 5. The predicted molar refractivity (Wildman–Crippen MR) is 108 cm³/mol. The van der Waals surface area contributed by atoms with E-state index in [0.717, 1.165) is 0 Å². The molecule has 0 saturated heterocycles. The maximum absolute atomic E-state index is 12.9. The van der Waals surface area contributed by atoms with E-state index in [4.69, 9.17) is 4.74 Å². The number of H-pyrrole nitrogens is 2. The van der Waals surface area contributed by atoms with Gasteiger partial charge in [-0.05, 0) is 37.3 Å². The number of pyridine rings is 2. The fraction of sp³-hybridized carbons (Fsp3) is 0.150. The normalized spacial score (nSPS) is 11.8. The standard InChI is InChI=1S/C20H17N3O5S/c1-2-28-20(25)15-10-22-18-17(15)14-9-13(6-7-16(14)23-19(18)24)29(26,27)11-12-5-3-4-8-21-12/h3-10,22H,2,11H2,1H3,(H,23,24). The molecule has 0 spiro atoms. The number of hydrogen-bond acceptors (Lipinski definition) is 6. The molecule has 8 nitrogen and oxygen atoms in total. The van der Waals surface area contributed by atoms with Gasteiger partial charge in [-0.15, -0.1) is 0 Å². The molecule has 0 unspecified atom stereocenters. The Morgan fingerprint density at radius 3 is 2.76 bits per heavy atom. The lowest BCUT2D eigenvalue weighted by molar-refractivity contribution is 0.0529. The van der Waals surface area contributed by atoms with Crippen LogP contribution >= 0.6 is 0 Å². The van der Waals surface area contributed by atoms with Gasteiger partial charge in [-0.2, -0.15) is 0 Å². The summed E-state index contributed by atoms with van der Waals surface area (Å²) in [4.78, 5) is 34.3. The van der Waals surface area contributed by atoms with Crippen LogP contribution in [0.2, 0.25) is 0 Å². The van der Waals surface area contributed by atoms with Gasteiger partial charge in [0.15, 0.2) is 9.84 Å². The third kappa shape index (κ3) is 3.40. The summed E-state index contributed by atoms with van der Waals surface area (Å²) in [5.74, 6) is -0.851. The molecule has 0 bridgehead atoms. The highest BCUT2D eigenvalue weighted by Crippen LogP contribution is 2.28. The number of aromatic amines is 2. The smallest absolute Gasteiger partial charge is 0.340 e. The molecular formula is C20H17N3O5S. The number of hydrogen-bond donors (Lipinski definition) is 2. The second kappa shape index (κ2) is 7.17. The van der Waals surface area contributed by atoms with Crippen molar-refractivity contribution < 1.29 is 17.9 Å². The molecule has 2 N–H and O–H groups in total. The molecule has 4 aromatic rings. The number of fused-ring (bicyclic) bond motifs is 3. The van der Waals surface area contributed by atoms with Crippen LogP contribution in [0.4, 0.5) is 0 Å². The van der Waals surface area contributed by atoms with Crippen LogP contribution < -0.4 is 5.56 Å². The van der Waals surface area contributed by atoms with Gasteiger partial charge in [0.05, 0.1) is 28.5 Å². The Kier molecular flexibility index (Phi) is 4.67. The maximum Gasteiger partial charge on any atom is 0.340 e. The Morgan fingerprint density at radius 2 is 2.03 bits per heavy atom. The van der Waals surface area contributed by atoms with Crippen molar-refractivity contribution in [1.82, 2.24) is 15.0 Å². The predicted octanol–water partition coefficient (Wildman–Crippen LogP) is 2.56. The molecule has 4 rings (SSSR count). The van der Waals surface area contributed by atoms with Gasteiger partial charge in [0.25, 0.3) is 5.56 Å². The van der Waals surface area contributed by atoms with Gasteiger partial charge >= 0.3 is 5.97 Å². The zero-order valence-corrected chi connectivity index (χ0v) is 16.2. The first-order chi connectivity index (χ1) is 13.9. The lowest BCUT2D eigenvalue weighted by atomic mass is 10.1. The van der Waals surface area contributed by atoms with Gasteiger partial charge in [-0.25, -0.2) is 13.2 Å². The lowest BCUT2D eigenvalue weighted by Gasteiger charge is -2.08. The number of nitrogens with one attached hydrogen (secondary N) is 2. The van der Waals surface area contributed by atoms with Gasteiger partial charge < -0.3 is 14.7 Å². The number of aromatic nitrogens is 3. The molecule has 0 aliphatic heterocycles. The van der Waals surface area contributed by atoms with E-state index in [1.807, 2.05) is 0 Å². The van der Waals surface area contributed by atoms with Gasteiger partial charge in [-0.1, -0.05) is 6.07 Å². The van der Waals surface area contributed by atoms with Crippen LogP contribution in [0.5, 0.6) is 0 Å². The van der Waals surface area contributed by atoms with Crippen molar-refractivity contribution in [1.29, 1.82) is 0 Å². The van der Waals surface area contributed by atoms with Crippen molar-refractivity contribution in [3.8, 4) is 0 Å². The Hall–Kier alpha value is -3.46. The fourth-order valence-corrected chi connectivity index (χ4v) is 4.53. The third-order valence-corrected chi connectivity index (χ3v) is 6.18. The van der Waals surface area contributed by atoms with E-state index >= 15 is 0 Å². The van der Waals surface area contributed by atoms with Crippen molar-refractivity contribution in [3.63, 3.8) is 0 Å². The number of sulfone groups is 1. The van der Waals surface area contributed by atoms with Crippen LogP contribution in [-0.4, -0.2) is 35.9 Å². The van der Waals surface area contributed by atoms with E-state index < -0.39 is 21.4 Å². The topological polar surface area (TPSA) is 122 Å². The fourth-order valence-electron chi connectivity index (χ4n) is 3.23. The molecule has 0 radical (unpaired) electrons. The van der Waals surface area contributed by atoms with Gasteiger partial charge in [0.2, 0.25) is 0 Å². The number of ether oxygens (including phenoxy) is 1. The van der Waals surface area contributed by atoms with Crippen LogP contribution in [0.25, 0.3) is 21.8 Å². The van der Waals surface area contributed by atoms with Crippen LogP contribution in [0, 0.1) is 0 Å². The van der Waals surface area contributed by atoms with Crippen molar-refractivity contribution in [2.75, 3.05) is 6.61 Å². The molecule has 29 heavy (non-hydrogen) atoms. The zero-order chi connectivity index (χ0) is 20.6. The highest BCUT2D eigenvalue weighted by molar-refractivity contribution is 7.90. The number of nitrogens with zero attached hydrogens (tertiary/aromatic N) is 1. The second-order valence-corrected chi connectivity index (χ2v) is 8.40. The number of benzene rings is 1. The van der Waals surface area contributed by atoms with Crippen molar-refractivity contribution in [2.45, 2.75) is 17.6 Å². The van der Waals surface area contributed by atoms with Crippen LogP contribution in [-0.2, 0) is 20.3 Å². The SMILES string of the molecule is CCOC(=O)c1c[nH]c2c(=O)[nH]c3ccc(S(=O)(=O)Cc4ccccn4)cc3c12. The average Bonchev–Trinajstić information content (AvgIpc) is 3.15. The first-order valence-corrected chi connectivity index (χ1v) is 10.5. The molecule has 0 aliphatic carbocycles. The highest BCUT2D eigenvalue weighted by Gasteiger charge is 2.21. The Balaban J connectivity index is 1.92. The maximum atomic E-state index is 12.9. The molecule has 0 atom stereocenters. The average molecular weight is 411 g/mol. The van der Waals surface area contributed by atoms with Gasteiger partial charge in [0, 0.05) is 28.7 Å². The number of esters is 1. The van der Waals surface area contributed by atoms with E-state index in [2.05, 4.69) is 15.0 Å². The molecular weight excluding hydrogens is 394 g/mol. The summed E-state index contributed by atoms with van der Waals surface area (Å²) in [6.07, 6.45) is 2.93. The van der Waals surface area contributed by atoms with E-state index in [1.165, 1.54) is 30.6 Å². The Morgan fingerprint density at radius 1 is 1.21 bits per heavy atom. The molecule has 1 aromatic carbocycles. The molecule has 0 aliphatic rings. The minimum Gasteiger partial charge on any atom is -0.462 e. The van der Waals surface area contributed by atoms with E-state index in [-0.39, 0.29) is 28.3 Å². The quantitative estimate of drug-likeness (QED) is 0.487. The monoisotopic (exact) mass is 411 g/mol. The first kappa shape index (κ1) is 18.9. The van der Waals surface area contributed by atoms with Gasteiger partial charge in [0.1, 0.15) is 5.52 Å². The minimum absolute atomic E-state index is 0.0695. The minimum atomic E-state index is -3.69. The summed E-state index contributed by atoms with van der Waals surface area (Å²) in [5, 5.41) is 0.767. The van der Waals surface area contributed by atoms with Crippen LogP contribution in [0.15, 0.2) is 58.5 Å². The molecule has 148 valence electrons. The van der Waals surface area contributed by atoms with Crippen LogP contribution in [0.1, 0.15) is 23.0 Å². The van der Waals surface area contributed by atoms with Crippen molar-refractivity contribution >= 4 is 37.6 Å². The molecule has 9 heteroatoms. The lowest BCUT2D eigenvalue weighted by Crippen LogP contribution is -2.10. The largest absolute Gasteiger partial charge is 0.462 e. The number of carbonyl (C=O) groups is 1. The highest BCUT2D eigenvalue weighted by atomic mass is 32.2. The summed E-state index contributed by atoms with van der Waals surface area (Å²) in [6.45, 7) is 1.86. The van der Waals surface area contributed by atoms with Crippen molar-refractivity contribution in [2.24, 2.45) is 0 Å². The molecule has 3 aromatic heterocycles. The molecule has 0 saturated carbocycles. The second-order valence-electron chi connectivity index (χ2n) is 6.41. The van der Waals surface area contributed by atoms with Gasteiger partial charge in [-0.3, -0.25) is 9.78 Å². The Bertz CT molecular complexity index is 1390. The Labute approximate surface area is 165 Å². The third-order valence-electron chi connectivity index (χ3n) is 4.53. The van der Waals surface area contributed by atoms with Crippen LogP contribution in [0.3, 0.4) is 0 Å².